The van der Waals surface area contributed by atoms with E-state index in [0.717, 1.165) is 35.5 Å². The molecule has 4 amide bonds. The lowest BCUT2D eigenvalue weighted by Crippen LogP contribution is -2.54. The highest BCUT2D eigenvalue weighted by Gasteiger charge is 2.45. The molecule has 0 bridgehead atoms. The Balaban J connectivity index is 1.31. The van der Waals surface area contributed by atoms with Crippen molar-refractivity contribution in [2.75, 3.05) is 18.4 Å². The van der Waals surface area contributed by atoms with E-state index in [1.807, 2.05) is 0 Å². The first-order chi connectivity index (χ1) is 13.5. The summed E-state index contributed by atoms with van der Waals surface area (Å²) in [6, 6.07) is 4.63. The summed E-state index contributed by atoms with van der Waals surface area (Å²) >= 11 is 0. The van der Waals surface area contributed by atoms with E-state index in [-0.39, 0.29) is 18.7 Å². The van der Waals surface area contributed by atoms with Crippen LogP contribution in [0.15, 0.2) is 18.2 Å². The molecule has 28 heavy (non-hydrogen) atoms. The van der Waals surface area contributed by atoms with E-state index in [1.54, 1.807) is 18.2 Å². The van der Waals surface area contributed by atoms with Crippen molar-refractivity contribution in [2.45, 2.75) is 37.8 Å². The molecule has 8 nitrogen and oxygen atoms in total. The zero-order valence-corrected chi connectivity index (χ0v) is 15.4. The summed E-state index contributed by atoms with van der Waals surface area (Å²) in [7, 11) is 0. The molecule has 1 aliphatic carbocycles. The van der Waals surface area contributed by atoms with Crippen LogP contribution in [0.4, 0.5) is 5.69 Å². The minimum Gasteiger partial charge on any atom is -0.383 e. The van der Waals surface area contributed by atoms with Crippen LogP contribution in [0.1, 0.15) is 46.4 Å². The first kappa shape index (κ1) is 17.4. The van der Waals surface area contributed by atoms with Crippen LogP contribution in [-0.4, -0.2) is 53.7 Å². The standard InChI is InChI=1S/C20H22N4O4/c25-17-6-5-16(18(26)23-17)24-19(27)13-4-2-11(7-14(13)20(24)28)21-9-15-12-3-1-10(12)8-22-15/h2,4,7,10,12,15-16,21-22H,1,3,5-6,8-9H2,(H,23,25,26). The molecule has 146 valence electrons. The van der Waals surface area contributed by atoms with Crippen molar-refractivity contribution in [2.24, 2.45) is 11.8 Å². The maximum absolute atomic E-state index is 12.9. The van der Waals surface area contributed by atoms with Crippen molar-refractivity contribution in [3.8, 4) is 0 Å². The Morgan fingerprint density at radius 3 is 2.57 bits per heavy atom. The number of piperidine rings is 1. The number of fused-ring (bicyclic) bond motifs is 2. The monoisotopic (exact) mass is 382 g/mol. The number of hydrogen-bond donors (Lipinski definition) is 3. The predicted octanol–water partition coefficient (Wildman–Crippen LogP) is 0.498. The number of anilines is 1. The van der Waals surface area contributed by atoms with Crippen molar-refractivity contribution in [3.63, 3.8) is 0 Å². The summed E-state index contributed by atoms with van der Waals surface area (Å²) in [5.41, 5.74) is 1.40. The van der Waals surface area contributed by atoms with Crippen molar-refractivity contribution in [1.82, 2.24) is 15.5 Å². The second-order valence-corrected chi connectivity index (χ2v) is 8.10. The Bertz CT molecular complexity index is 898. The molecule has 5 rings (SSSR count). The molecule has 3 aliphatic heterocycles. The van der Waals surface area contributed by atoms with E-state index < -0.39 is 23.8 Å². The topological polar surface area (TPSA) is 108 Å². The molecular weight excluding hydrogens is 360 g/mol. The fraction of sp³-hybridized carbons (Fsp3) is 0.500. The largest absolute Gasteiger partial charge is 0.383 e. The fourth-order valence-electron chi connectivity index (χ4n) is 4.86. The first-order valence-electron chi connectivity index (χ1n) is 9.86. The molecule has 8 heteroatoms. The number of nitrogens with one attached hydrogen (secondary N) is 3. The summed E-state index contributed by atoms with van der Waals surface area (Å²) in [5, 5.41) is 9.14. The van der Waals surface area contributed by atoms with Gasteiger partial charge in [0.25, 0.3) is 11.8 Å². The van der Waals surface area contributed by atoms with Gasteiger partial charge in [-0.15, -0.1) is 0 Å². The van der Waals surface area contributed by atoms with Crippen LogP contribution in [0.2, 0.25) is 0 Å². The minimum absolute atomic E-state index is 0.118. The van der Waals surface area contributed by atoms with Crippen molar-refractivity contribution < 1.29 is 19.2 Å². The van der Waals surface area contributed by atoms with Gasteiger partial charge in [-0.25, -0.2) is 0 Å². The molecule has 1 saturated carbocycles. The van der Waals surface area contributed by atoms with Gasteiger partial charge in [0.1, 0.15) is 6.04 Å². The summed E-state index contributed by atoms with van der Waals surface area (Å²) in [6.07, 6.45) is 2.85. The molecule has 0 spiro atoms. The molecule has 0 aromatic heterocycles. The number of amides is 4. The van der Waals surface area contributed by atoms with Gasteiger partial charge in [0.2, 0.25) is 11.8 Å². The molecule has 1 aromatic carbocycles. The van der Waals surface area contributed by atoms with Gasteiger partial charge in [-0.3, -0.25) is 29.4 Å². The maximum Gasteiger partial charge on any atom is 0.262 e. The number of carbonyl (C=O) groups excluding carboxylic acids is 4. The van der Waals surface area contributed by atoms with E-state index >= 15 is 0 Å². The fourth-order valence-corrected chi connectivity index (χ4v) is 4.86. The number of hydrogen-bond acceptors (Lipinski definition) is 6. The molecule has 1 aromatic rings. The molecule has 0 radical (unpaired) electrons. The van der Waals surface area contributed by atoms with Crippen LogP contribution in [0.3, 0.4) is 0 Å². The molecule has 2 saturated heterocycles. The number of rotatable bonds is 4. The smallest absolute Gasteiger partial charge is 0.262 e. The number of imide groups is 2. The van der Waals surface area contributed by atoms with Crippen molar-refractivity contribution >= 4 is 29.3 Å². The Labute approximate surface area is 162 Å². The third-order valence-corrected chi connectivity index (χ3v) is 6.60. The third-order valence-electron chi connectivity index (χ3n) is 6.60. The van der Waals surface area contributed by atoms with Gasteiger partial charge in [0, 0.05) is 24.7 Å². The average molecular weight is 382 g/mol. The SMILES string of the molecule is O=C1CCC(N2C(=O)c3ccc(NCC4NCC5CCC54)cc3C2=O)C(=O)N1. The second kappa shape index (κ2) is 6.41. The summed E-state index contributed by atoms with van der Waals surface area (Å²) in [4.78, 5) is 50.0. The van der Waals surface area contributed by atoms with Crippen molar-refractivity contribution in [1.29, 1.82) is 0 Å². The van der Waals surface area contributed by atoms with Crippen LogP contribution in [0.25, 0.3) is 0 Å². The Morgan fingerprint density at radius 1 is 1.04 bits per heavy atom. The van der Waals surface area contributed by atoms with Gasteiger partial charge in [-0.1, -0.05) is 0 Å². The van der Waals surface area contributed by atoms with Crippen LogP contribution in [0.5, 0.6) is 0 Å². The summed E-state index contributed by atoms with van der Waals surface area (Å²) in [5.74, 6) is -0.390. The zero-order chi connectivity index (χ0) is 19.4. The number of benzene rings is 1. The summed E-state index contributed by atoms with van der Waals surface area (Å²) in [6.45, 7) is 1.86. The lowest BCUT2D eigenvalue weighted by Gasteiger charge is -2.33. The van der Waals surface area contributed by atoms with Gasteiger partial charge in [0.05, 0.1) is 11.1 Å². The molecule has 4 aliphatic rings. The molecule has 3 fully saturated rings. The second-order valence-electron chi connectivity index (χ2n) is 8.10. The number of carbonyl (C=O) groups is 4. The number of nitrogens with zero attached hydrogens (tertiary/aromatic N) is 1. The third kappa shape index (κ3) is 2.63. The Morgan fingerprint density at radius 2 is 1.86 bits per heavy atom. The van der Waals surface area contributed by atoms with E-state index in [9.17, 15) is 19.2 Å². The highest BCUT2D eigenvalue weighted by Crippen LogP contribution is 2.40. The molecule has 4 unspecified atom stereocenters. The van der Waals surface area contributed by atoms with E-state index in [0.29, 0.717) is 17.2 Å². The Kier molecular flexibility index (Phi) is 3.97. The predicted molar refractivity (Wildman–Crippen MR) is 99.6 cm³/mol. The average Bonchev–Trinajstić information content (AvgIpc) is 3.06. The molecule has 4 atom stereocenters. The van der Waals surface area contributed by atoms with Gasteiger partial charge >= 0.3 is 0 Å². The minimum atomic E-state index is -0.931. The van der Waals surface area contributed by atoms with Crippen LogP contribution in [0, 0.1) is 11.8 Å². The summed E-state index contributed by atoms with van der Waals surface area (Å²) < 4.78 is 0. The highest BCUT2D eigenvalue weighted by molar-refractivity contribution is 6.23. The van der Waals surface area contributed by atoms with Crippen molar-refractivity contribution in [3.05, 3.63) is 29.3 Å². The lowest BCUT2D eigenvalue weighted by atomic mass is 9.73. The highest BCUT2D eigenvalue weighted by atomic mass is 16.2. The molecule has 3 heterocycles. The van der Waals surface area contributed by atoms with Gasteiger partial charge in [-0.2, -0.15) is 0 Å². The van der Waals surface area contributed by atoms with E-state index in [4.69, 9.17) is 0 Å². The van der Waals surface area contributed by atoms with Crippen LogP contribution >= 0.6 is 0 Å². The van der Waals surface area contributed by atoms with Gasteiger partial charge in [0.15, 0.2) is 0 Å². The van der Waals surface area contributed by atoms with Gasteiger partial charge < -0.3 is 10.6 Å². The zero-order valence-electron chi connectivity index (χ0n) is 15.4. The lowest BCUT2D eigenvalue weighted by molar-refractivity contribution is -0.136. The normalized spacial score (nSPS) is 31.4. The van der Waals surface area contributed by atoms with E-state index in [2.05, 4.69) is 16.0 Å². The Hall–Kier alpha value is -2.74. The van der Waals surface area contributed by atoms with Crippen LogP contribution < -0.4 is 16.0 Å². The van der Waals surface area contributed by atoms with Crippen LogP contribution in [-0.2, 0) is 9.59 Å². The van der Waals surface area contributed by atoms with E-state index in [1.165, 1.54) is 12.8 Å². The first-order valence-corrected chi connectivity index (χ1v) is 9.86. The quantitative estimate of drug-likeness (QED) is 0.655. The molecular formula is C20H22N4O4. The maximum atomic E-state index is 12.9. The van der Waals surface area contributed by atoms with Gasteiger partial charge in [-0.05, 0) is 55.8 Å². The molecule has 3 N–H and O–H groups in total.